The molecule has 0 spiro atoms. The third-order valence-electron chi connectivity index (χ3n) is 13.1. The van der Waals surface area contributed by atoms with E-state index in [2.05, 4.69) is 20.8 Å². The minimum atomic E-state index is -4.52. The Balaban J connectivity index is 1.23. The van der Waals surface area contributed by atoms with Gasteiger partial charge >= 0.3 is 6.18 Å². The molecule has 5 aliphatic rings. The van der Waals surface area contributed by atoms with Crippen molar-refractivity contribution >= 4 is 0 Å². The lowest BCUT2D eigenvalue weighted by molar-refractivity contribution is -0.290. The van der Waals surface area contributed by atoms with E-state index in [-0.39, 0.29) is 30.3 Å². The summed E-state index contributed by atoms with van der Waals surface area (Å²) in [6, 6.07) is 0. The molecule has 0 aromatic rings. The topological polar surface area (TPSA) is 40.5 Å². The first kappa shape index (κ1) is 27.3. The predicted octanol–water partition coefficient (Wildman–Crippen LogP) is 8.30. The maximum absolute atomic E-state index is 13.6. The highest BCUT2D eigenvalue weighted by Gasteiger charge is 2.65. The number of fused-ring (bicyclic) bond motifs is 5. The monoisotopic (exact) mass is 512 g/mol. The lowest BCUT2D eigenvalue weighted by Gasteiger charge is -2.62. The van der Waals surface area contributed by atoms with Gasteiger partial charge in [-0.1, -0.05) is 40.0 Å². The summed E-state index contributed by atoms with van der Waals surface area (Å²) in [5, 5.41) is 21.3. The van der Waals surface area contributed by atoms with Crippen LogP contribution < -0.4 is 0 Å². The van der Waals surface area contributed by atoms with Crippen molar-refractivity contribution in [3.8, 4) is 0 Å². The third-order valence-corrected chi connectivity index (χ3v) is 13.1. The van der Waals surface area contributed by atoms with Crippen molar-refractivity contribution in [2.45, 2.75) is 141 Å². The Kier molecular flexibility index (Phi) is 7.36. The largest absolute Gasteiger partial charge is 0.417 e. The molecule has 5 aliphatic carbocycles. The second-order valence-electron chi connectivity index (χ2n) is 14.6. The SMILES string of the molecule is C[C@H](CCC(O)C1CCCCC1)[C@H]1CC[C@H]2[C@@H]3CC[C@H]4C[C@](O)(C(F)(F)F)CC[C@]4(C)[C@H]3CC[C@]12C. The van der Waals surface area contributed by atoms with E-state index >= 15 is 0 Å². The summed E-state index contributed by atoms with van der Waals surface area (Å²) in [5.74, 6) is 3.65. The van der Waals surface area contributed by atoms with E-state index in [0.717, 1.165) is 32.1 Å². The zero-order chi connectivity index (χ0) is 25.9. The molecule has 0 heterocycles. The van der Waals surface area contributed by atoms with Crippen molar-refractivity contribution in [2.24, 2.45) is 52.3 Å². The minimum Gasteiger partial charge on any atom is -0.393 e. The van der Waals surface area contributed by atoms with Crippen molar-refractivity contribution in [1.29, 1.82) is 0 Å². The van der Waals surface area contributed by atoms with Crippen LogP contribution in [0.1, 0.15) is 124 Å². The first-order chi connectivity index (χ1) is 16.9. The van der Waals surface area contributed by atoms with E-state index in [1.54, 1.807) is 0 Å². The molecule has 0 radical (unpaired) electrons. The molecule has 0 amide bonds. The highest BCUT2D eigenvalue weighted by molar-refractivity contribution is 5.11. The van der Waals surface area contributed by atoms with Crippen LogP contribution >= 0.6 is 0 Å². The second kappa shape index (κ2) is 9.72. The lowest BCUT2D eigenvalue weighted by Crippen LogP contribution is -2.59. The average Bonchev–Trinajstić information content (AvgIpc) is 3.20. The van der Waals surface area contributed by atoms with Crippen LogP contribution in [0.2, 0.25) is 0 Å². The van der Waals surface area contributed by atoms with Crippen molar-refractivity contribution in [2.75, 3.05) is 0 Å². The Morgan fingerprint density at radius 1 is 0.806 bits per heavy atom. The van der Waals surface area contributed by atoms with Gasteiger partial charge in [-0.05, 0) is 136 Å². The summed E-state index contributed by atoms with van der Waals surface area (Å²) in [6.07, 6.45) is 10.7. The van der Waals surface area contributed by atoms with Gasteiger partial charge in [0, 0.05) is 0 Å². The molecular weight excluding hydrogens is 461 g/mol. The van der Waals surface area contributed by atoms with Crippen LogP contribution in [0.5, 0.6) is 0 Å². The summed E-state index contributed by atoms with van der Waals surface area (Å²) in [7, 11) is 0. The van der Waals surface area contributed by atoms with Gasteiger partial charge in [0.1, 0.15) is 0 Å². The Morgan fingerprint density at radius 2 is 1.50 bits per heavy atom. The summed E-state index contributed by atoms with van der Waals surface area (Å²) >= 11 is 0. The third kappa shape index (κ3) is 4.48. The first-order valence-electron chi connectivity index (χ1n) is 15.4. The molecule has 0 saturated heterocycles. The smallest absolute Gasteiger partial charge is 0.393 e. The molecular formula is C31H51F3O2. The molecule has 2 N–H and O–H groups in total. The number of hydrogen-bond acceptors (Lipinski definition) is 2. The number of aliphatic hydroxyl groups excluding tert-OH is 1. The number of alkyl halides is 3. The van der Waals surface area contributed by atoms with Crippen LogP contribution in [0.4, 0.5) is 13.2 Å². The van der Waals surface area contributed by atoms with Crippen LogP contribution in [0.15, 0.2) is 0 Å². The predicted molar refractivity (Wildman–Crippen MR) is 137 cm³/mol. The van der Waals surface area contributed by atoms with E-state index < -0.39 is 11.8 Å². The molecule has 5 saturated carbocycles. The van der Waals surface area contributed by atoms with Crippen molar-refractivity contribution in [3.05, 3.63) is 0 Å². The van der Waals surface area contributed by atoms with Crippen LogP contribution in [-0.4, -0.2) is 28.1 Å². The maximum atomic E-state index is 13.6. The van der Waals surface area contributed by atoms with E-state index in [1.165, 1.54) is 51.4 Å². The number of rotatable bonds is 5. The van der Waals surface area contributed by atoms with Crippen molar-refractivity contribution < 1.29 is 23.4 Å². The average molecular weight is 513 g/mol. The van der Waals surface area contributed by atoms with Gasteiger partial charge in [-0.25, -0.2) is 0 Å². The van der Waals surface area contributed by atoms with Crippen LogP contribution in [0.3, 0.4) is 0 Å². The standard InChI is InChI=1S/C31H51F3O2/c1-20(9-14-27(35)21-7-5-4-6-8-21)24-12-13-25-23-11-10-22-19-30(36,31(32,33)34)18-17-28(22,2)26(23)15-16-29(24,25)3/h20-27,35-36H,4-19H2,1-3H3/t20-,22+,23+,24-,25+,26+,27?,28+,29-,30+/m1/s1. The van der Waals surface area contributed by atoms with Crippen molar-refractivity contribution in [1.82, 2.24) is 0 Å². The molecule has 0 aromatic carbocycles. The Labute approximate surface area is 217 Å². The fourth-order valence-electron chi connectivity index (χ4n) is 10.9. The zero-order valence-corrected chi connectivity index (χ0v) is 23.0. The molecule has 5 heteroatoms. The van der Waals surface area contributed by atoms with Crippen LogP contribution in [0, 0.1) is 52.3 Å². The lowest BCUT2D eigenvalue weighted by atomic mass is 9.43. The van der Waals surface area contributed by atoms with Crippen molar-refractivity contribution in [3.63, 3.8) is 0 Å². The van der Waals surface area contributed by atoms with Gasteiger partial charge in [0.05, 0.1) is 6.10 Å². The molecule has 5 rings (SSSR count). The zero-order valence-electron chi connectivity index (χ0n) is 23.0. The normalized spacial score (nSPS) is 47.5. The van der Waals surface area contributed by atoms with Crippen LogP contribution in [-0.2, 0) is 0 Å². The Bertz CT molecular complexity index is 778. The van der Waals surface area contributed by atoms with Gasteiger partial charge in [0.25, 0.3) is 0 Å². The van der Waals surface area contributed by atoms with Gasteiger partial charge in [-0.3, -0.25) is 0 Å². The summed E-state index contributed by atoms with van der Waals surface area (Å²) < 4.78 is 40.9. The fraction of sp³-hybridized carbons (Fsp3) is 1.00. The molecule has 208 valence electrons. The molecule has 2 nitrogen and oxygen atoms in total. The van der Waals surface area contributed by atoms with Gasteiger partial charge < -0.3 is 10.2 Å². The highest BCUT2D eigenvalue weighted by atomic mass is 19.4. The number of aliphatic hydroxyl groups is 2. The molecule has 5 fully saturated rings. The molecule has 0 aliphatic heterocycles. The number of hydrogen-bond donors (Lipinski definition) is 2. The molecule has 36 heavy (non-hydrogen) atoms. The van der Waals surface area contributed by atoms with Crippen LogP contribution in [0.25, 0.3) is 0 Å². The minimum absolute atomic E-state index is 0.0131. The summed E-state index contributed by atoms with van der Waals surface area (Å²) in [4.78, 5) is 0. The summed E-state index contributed by atoms with van der Waals surface area (Å²) in [5.41, 5.74) is -2.21. The molecule has 0 aromatic heterocycles. The van der Waals surface area contributed by atoms with Gasteiger partial charge in [-0.2, -0.15) is 13.2 Å². The van der Waals surface area contributed by atoms with E-state index in [4.69, 9.17) is 0 Å². The molecule has 0 bridgehead atoms. The van der Waals surface area contributed by atoms with Gasteiger partial charge in [0.2, 0.25) is 0 Å². The van der Waals surface area contributed by atoms with Gasteiger partial charge in [0.15, 0.2) is 5.60 Å². The Morgan fingerprint density at radius 3 is 2.19 bits per heavy atom. The quantitative estimate of drug-likeness (QED) is 0.389. The van der Waals surface area contributed by atoms with E-state index in [1.807, 2.05) is 0 Å². The molecule has 10 atom stereocenters. The number of halogens is 3. The van der Waals surface area contributed by atoms with E-state index in [0.29, 0.717) is 47.3 Å². The highest BCUT2D eigenvalue weighted by Crippen LogP contribution is 2.69. The molecule has 1 unspecified atom stereocenters. The van der Waals surface area contributed by atoms with E-state index in [9.17, 15) is 23.4 Å². The first-order valence-corrected chi connectivity index (χ1v) is 15.4. The second-order valence-corrected chi connectivity index (χ2v) is 14.6. The Hall–Kier alpha value is -0.290. The summed E-state index contributed by atoms with van der Waals surface area (Å²) in [6.45, 7) is 7.24. The van der Waals surface area contributed by atoms with Gasteiger partial charge in [-0.15, -0.1) is 0 Å². The fourth-order valence-corrected chi connectivity index (χ4v) is 10.9. The maximum Gasteiger partial charge on any atom is 0.417 e.